The van der Waals surface area contributed by atoms with Crippen molar-refractivity contribution in [1.82, 2.24) is 15.1 Å². The van der Waals surface area contributed by atoms with E-state index in [-0.39, 0.29) is 18.0 Å². The molecule has 0 spiro atoms. The van der Waals surface area contributed by atoms with Crippen LogP contribution in [0, 0.1) is 0 Å². The predicted molar refractivity (Wildman–Crippen MR) is 98.5 cm³/mol. The summed E-state index contributed by atoms with van der Waals surface area (Å²) in [5.74, 6) is 0.879. The average molecular weight is 357 g/mol. The Kier molecular flexibility index (Phi) is 5.00. The fourth-order valence-electron chi connectivity index (χ4n) is 4.09. The Bertz CT molecular complexity index is 677. The van der Waals surface area contributed by atoms with Gasteiger partial charge in [-0.2, -0.15) is 0 Å². The number of rotatable bonds is 2. The zero-order valence-electron chi connectivity index (χ0n) is 15.2. The molecule has 3 aliphatic rings. The number of ether oxygens (including phenoxy) is 1. The predicted octanol–water partition coefficient (Wildman–Crippen LogP) is 2.42. The minimum atomic E-state index is -0.0253. The number of benzene rings is 1. The van der Waals surface area contributed by atoms with Gasteiger partial charge in [-0.1, -0.05) is 0 Å². The van der Waals surface area contributed by atoms with Gasteiger partial charge in [0, 0.05) is 37.8 Å². The SMILES string of the molecule is O=C(NC1CCN(C(=O)N2CCCC2)CC1)c1ccc2c(c1)CCCO2. The van der Waals surface area contributed by atoms with E-state index in [1.807, 2.05) is 28.0 Å². The highest BCUT2D eigenvalue weighted by Crippen LogP contribution is 2.25. The lowest BCUT2D eigenvalue weighted by atomic mass is 10.0. The number of hydrogen-bond donors (Lipinski definition) is 1. The third kappa shape index (κ3) is 3.64. The maximum Gasteiger partial charge on any atom is 0.319 e. The van der Waals surface area contributed by atoms with Gasteiger partial charge in [-0.05, 0) is 62.3 Å². The maximum absolute atomic E-state index is 12.6. The van der Waals surface area contributed by atoms with Gasteiger partial charge in [-0.25, -0.2) is 4.79 Å². The summed E-state index contributed by atoms with van der Waals surface area (Å²) in [6, 6.07) is 6.00. The van der Waals surface area contributed by atoms with E-state index >= 15 is 0 Å². The van der Waals surface area contributed by atoms with Crippen molar-refractivity contribution in [3.8, 4) is 5.75 Å². The van der Waals surface area contributed by atoms with E-state index in [0.29, 0.717) is 5.56 Å². The third-order valence-electron chi connectivity index (χ3n) is 5.65. The van der Waals surface area contributed by atoms with Crippen LogP contribution < -0.4 is 10.1 Å². The first-order chi connectivity index (χ1) is 12.7. The largest absolute Gasteiger partial charge is 0.493 e. The van der Waals surface area contributed by atoms with Crippen molar-refractivity contribution in [2.24, 2.45) is 0 Å². The van der Waals surface area contributed by atoms with Gasteiger partial charge in [0.1, 0.15) is 5.75 Å². The first-order valence-electron chi connectivity index (χ1n) is 9.81. The molecule has 0 saturated carbocycles. The van der Waals surface area contributed by atoms with E-state index in [9.17, 15) is 9.59 Å². The van der Waals surface area contributed by atoms with E-state index in [2.05, 4.69) is 5.32 Å². The van der Waals surface area contributed by atoms with E-state index in [0.717, 1.165) is 82.6 Å². The number of likely N-dealkylation sites (tertiary alicyclic amines) is 2. The Hall–Kier alpha value is -2.24. The number of urea groups is 1. The van der Waals surface area contributed by atoms with Gasteiger partial charge in [-0.15, -0.1) is 0 Å². The number of carbonyl (C=O) groups excluding carboxylic acids is 2. The first kappa shape index (κ1) is 17.2. The highest BCUT2D eigenvalue weighted by Gasteiger charge is 2.28. The summed E-state index contributed by atoms with van der Waals surface area (Å²) in [7, 11) is 0. The summed E-state index contributed by atoms with van der Waals surface area (Å²) in [6.07, 6.45) is 5.84. The molecule has 6 heteroatoms. The number of nitrogens with one attached hydrogen (secondary N) is 1. The number of hydrogen-bond acceptors (Lipinski definition) is 3. The molecule has 0 radical (unpaired) electrons. The molecule has 140 valence electrons. The smallest absolute Gasteiger partial charge is 0.319 e. The molecule has 3 amide bonds. The van der Waals surface area contributed by atoms with Gasteiger partial charge in [-0.3, -0.25) is 4.79 Å². The van der Waals surface area contributed by atoms with Crippen LogP contribution in [-0.4, -0.2) is 60.6 Å². The molecule has 0 aliphatic carbocycles. The Labute approximate surface area is 154 Å². The second kappa shape index (κ2) is 7.56. The standard InChI is InChI=1S/C20H27N3O3/c24-19(16-5-6-18-15(14-16)4-3-13-26-18)21-17-7-11-23(12-8-17)20(25)22-9-1-2-10-22/h5-6,14,17H,1-4,7-13H2,(H,21,24). The lowest BCUT2D eigenvalue weighted by Crippen LogP contribution is -2.50. The van der Waals surface area contributed by atoms with Crippen LogP contribution in [0.2, 0.25) is 0 Å². The molecule has 0 bridgehead atoms. The molecular formula is C20H27N3O3. The number of amides is 3. The number of carbonyl (C=O) groups is 2. The molecule has 6 nitrogen and oxygen atoms in total. The molecule has 26 heavy (non-hydrogen) atoms. The Morgan fingerprint density at radius 1 is 1.00 bits per heavy atom. The summed E-state index contributed by atoms with van der Waals surface area (Å²) in [4.78, 5) is 28.9. The topological polar surface area (TPSA) is 61.9 Å². The lowest BCUT2D eigenvalue weighted by Gasteiger charge is -2.34. The van der Waals surface area contributed by atoms with Crippen molar-refractivity contribution in [3.63, 3.8) is 0 Å². The van der Waals surface area contributed by atoms with Crippen LogP contribution in [0.25, 0.3) is 0 Å². The van der Waals surface area contributed by atoms with Crippen LogP contribution in [-0.2, 0) is 6.42 Å². The highest BCUT2D eigenvalue weighted by atomic mass is 16.5. The minimum absolute atomic E-state index is 0.0253. The summed E-state index contributed by atoms with van der Waals surface area (Å²) in [5, 5.41) is 3.14. The first-order valence-corrected chi connectivity index (χ1v) is 9.81. The van der Waals surface area contributed by atoms with Gasteiger partial charge in [0.2, 0.25) is 0 Å². The highest BCUT2D eigenvalue weighted by molar-refractivity contribution is 5.94. The van der Waals surface area contributed by atoms with Gasteiger partial charge in [0.05, 0.1) is 6.61 Å². The molecule has 3 aliphatic heterocycles. The van der Waals surface area contributed by atoms with Crippen LogP contribution >= 0.6 is 0 Å². The van der Waals surface area contributed by atoms with E-state index in [1.54, 1.807) is 0 Å². The normalized spacial score (nSPS) is 20.5. The van der Waals surface area contributed by atoms with Crippen molar-refractivity contribution < 1.29 is 14.3 Å². The van der Waals surface area contributed by atoms with Crippen LogP contribution in [0.3, 0.4) is 0 Å². The number of fused-ring (bicyclic) bond motifs is 1. The molecule has 1 aromatic rings. The Morgan fingerprint density at radius 2 is 1.73 bits per heavy atom. The molecule has 0 aromatic heterocycles. The molecular weight excluding hydrogens is 330 g/mol. The van der Waals surface area contributed by atoms with E-state index < -0.39 is 0 Å². The van der Waals surface area contributed by atoms with Crippen molar-refractivity contribution in [2.75, 3.05) is 32.8 Å². The number of aryl methyl sites for hydroxylation is 1. The van der Waals surface area contributed by atoms with Crippen LogP contribution in [0.4, 0.5) is 4.79 Å². The number of nitrogens with zero attached hydrogens (tertiary/aromatic N) is 2. The van der Waals surface area contributed by atoms with Gasteiger partial charge >= 0.3 is 6.03 Å². The average Bonchev–Trinajstić information content (AvgIpc) is 3.22. The van der Waals surface area contributed by atoms with Gasteiger partial charge < -0.3 is 19.9 Å². The Morgan fingerprint density at radius 3 is 2.50 bits per heavy atom. The summed E-state index contributed by atoms with van der Waals surface area (Å²) >= 11 is 0. The molecule has 2 saturated heterocycles. The van der Waals surface area contributed by atoms with E-state index in [1.165, 1.54) is 0 Å². The summed E-state index contributed by atoms with van der Waals surface area (Å²) in [6.45, 7) is 3.97. The zero-order chi connectivity index (χ0) is 17.9. The molecule has 1 N–H and O–H groups in total. The third-order valence-corrected chi connectivity index (χ3v) is 5.65. The Balaban J connectivity index is 1.30. The molecule has 0 unspecified atom stereocenters. The van der Waals surface area contributed by atoms with E-state index in [4.69, 9.17) is 4.74 Å². The van der Waals surface area contributed by atoms with Gasteiger partial charge in [0.25, 0.3) is 5.91 Å². The maximum atomic E-state index is 12.6. The molecule has 1 aromatic carbocycles. The monoisotopic (exact) mass is 357 g/mol. The number of piperidine rings is 1. The fraction of sp³-hybridized carbons (Fsp3) is 0.600. The quantitative estimate of drug-likeness (QED) is 0.884. The molecule has 2 fully saturated rings. The van der Waals surface area contributed by atoms with Crippen LogP contribution in [0.1, 0.15) is 48.0 Å². The zero-order valence-corrected chi connectivity index (χ0v) is 15.2. The van der Waals surface area contributed by atoms with Crippen LogP contribution in [0.15, 0.2) is 18.2 Å². The minimum Gasteiger partial charge on any atom is -0.493 e. The summed E-state index contributed by atoms with van der Waals surface area (Å²) < 4.78 is 5.61. The fourth-order valence-corrected chi connectivity index (χ4v) is 4.09. The second-order valence-electron chi connectivity index (χ2n) is 7.49. The van der Waals surface area contributed by atoms with Crippen molar-refractivity contribution in [3.05, 3.63) is 29.3 Å². The molecule has 4 rings (SSSR count). The molecule has 3 heterocycles. The van der Waals surface area contributed by atoms with Crippen LogP contribution in [0.5, 0.6) is 5.75 Å². The second-order valence-corrected chi connectivity index (χ2v) is 7.49. The van der Waals surface area contributed by atoms with Crippen molar-refractivity contribution in [1.29, 1.82) is 0 Å². The van der Waals surface area contributed by atoms with Crippen molar-refractivity contribution in [2.45, 2.75) is 44.6 Å². The van der Waals surface area contributed by atoms with Crippen molar-refractivity contribution >= 4 is 11.9 Å². The lowest BCUT2D eigenvalue weighted by molar-refractivity contribution is 0.0912. The summed E-state index contributed by atoms with van der Waals surface area (Å²) in [5.41, 5.74) is 1.82. The molecule has 0 atom stereocenters. The van der Waals surface area contributed by atoms with Gasteiger partial charge in [0.15, 0.2) is 0 Å².